The molecule has 0 saturated heterocycles. The van der Waals surface area contributed by atoms with E-state index in [-0.39, 0.29) is 0 Å². The lowest BCUT2D eigenvalue weighted by molar-refractivity contribution is 0.322. The Labute approximate surface area is 187 Å². The average Bonchev–Trinajstić information content (AvgIpc) is 3.27. The number of aromatic nitrogens is 5. The van der Waals surface area contributed by atoms with E-state index in [4.69, 9.17) is 4.74 Å². The lowest BCUT2D eigenvalue weighted by atomic mass is 10.0. The van der Waals surface area contributed by atoms with Crippen LogP contribution in [-0.2, 0) is 20.0 Å². The van der Waals surface area contributed by atoms with E-state index in [1.54, 1.807) is 6.07 Å². The number of nitrogens with zero attached hydrogens (tertiary/aromatic N) is 7. The van der Waals surface area contributed by atoms with E-state index in [0.717, 1.165) is 40.4 Å². The summed E-state index contributed by atoms with van der Waals surface area (Å²) >= 11 is 0. The number of benzene rings is 1. The topological polar surface area (TPSA) is 84.3 Å². The predicted octanol–water partition coefficient (Wildman–Crippen LogP) is 3.30. The zero-order valence-electron chi connectivity index (χ0n) is 19.1. The third-order valence-corrected chi connectivity index (χ3v) is 5.62. The molecule has 8 nitrogen and oxygen atoms in total. The number of rotatable bonds is 7. The quantitative estimate of drug-likeness (QED) is 0.448. The number of ether oxygens (including phenoxy) is 1. The Hall–Kier alpha value is -3.70. The van der Waals surface area contributed by atoms with Gasteiger partial charge in [-0.3, -0.25) is 9.08 Å². The van der Waals surface area contributed by atoms with Crippen LogP contribution in [0.2, 0.25) is 0 Å². The summed E-state index contributed by atoms with van der Waals surface area (Å²) in [5.41, 5.74) is 6.63. The van der Waals surface area contributed by atoms with Crippen molar-refractivity contribution in [2.24, 2.45) is 7.05 Å². The lowest BCUT2D eigenvalue weighted by Crippen LogP contribution is -2.13. The molecule has 0 aliphatic carbocycles. The summed E-state index contributed by atoms with van der Waals surface area (Å²) in [7, 11) is 5.96. The van der Waals surface area contributed by atoms with Gasteiger partial charge in [0.2, 0.25) is 0 Å². The first kappa shape index (κ1) is 21.5. The monoisotopic (exact) mass is 429 g/mol. The summed E-state index contributed by atoms with van der Waals surface area (Å²) in [6.45, 7) is 5.27. The van der Waals surface area contributed by atoms with Gasteiger partial charge < -0.3 is 9.64 Å². The Balaban J connectivity index is 1.65. The van der Waals surface area contributed by atoms with E-state index in [0.29, 0.717) is 24.5 Å². The first-order chi connectivity index (χ1) is 15.4. The highest BCUT2D eigenvalue weighted by Gasteiger charge is 2.14. The Morgan fingerprint density at radius 2 is 1.94 bits per heavy atom. The molecule has 164 valence electrons. The van der Waals surface area contributed by atoms with Crippen molar-refractivity contribution >= 4 is 5.65 Å². The Morgan fingerprint density at radius 1 is 1.12 bits per heavy atom. The third-order valence-electron chi connectivity index (χ3n) is 5.62. The number of hydrogen-bond acceptors (Lipinski definition) is 6. The number of nitriles is 1. The summed E-state index contributed by atoms with van der Waals surface area (Å²) in [6.07, 6.45) is 2.77. The van der Waals surface area contributed by atoms with Gasteiger partial charge in [0.05, 0.1) is 30.5 Å². The van der Waals surface area contributed by atoms with Crippen LogP contribution in [0, 0.1) is 25.2 Å². The molecule has 32 heavy (non-hydrogen) atoms. The van der Waals surface area contributed by atoms with E-state index < -0.39 is 0 Å². The first-order valence-electron chi connectivity index (χ1n) is 10.5. The molecule has 1 aromatic carbocycles. The zero-order chi connectivity index (χ0) is 22.8. The maximum absolute atomic E-state index is 9.39. The molecule has 4 aromatic rings. The van der Waals surface area contributed by atoms with Crippen molar-refractivity contribution < 1.29 is 4.74 Å². The maximum atomic E-state index is 9.39. The molecular weight excluding hydrogens is 402 g/mol. The lowest BCUT2D eigenvalue weighted by Gasteiger charge is -2.13. The van der Waals surface area contributed by atoms with Gasteiger partial charge in [-0.1, -0.05) is 0 Å². The summed E-state index contributed by atoms with van der Waals surface area (Å²) in [6, 6.07) is 11.7. The van der Waals surface area contributed by atoms with Gasteiger partial charge in [-0.15, -0.1) is 10.2 Å². The van der Waals surface area contributed by atoms with Gasteiger partial charge in [0.15, 0.2) is 11.5 Å². The molecule has 0 unspecified atom stereocenters. The smallest absolute Gasteiger partial charge is 0.160 e. The van der Waals surface area contributed by atoms with Gasteiger partial charge in [-0.05, 0) is 63.8 Å². The normalized spacial score (nSPS) is 11.3. The molecule has 0 radical (unpaired) electrons. The number of aryl methyl sites for hydroxylation is 2. The van der Waals surface area contributed by atoms with E-state index >= 15 is 0 Å². The fourth-order valence-electron chi connectivity index (χ4n) is 3.88. The molecule has 4 rings (SSSR count). The number of pyridine rings is 1. The van der Waals surface area contributed by atoms with Crippen LogP contribution in [0.1, 0.15) is 28.3 Å². The van der Waals surface area contributed by atoms with Crippen LogP contribution in [0.5, 0.6) is 5.75 Å². The van der Waals surface area contributed by atoms with Crippen LogP contribution in [0.25, 0.3) is 16.8 Å². The minimum atomic E-state index is 0.496. The minimum Gasteiger partial charge on any atom is -0.493 e. The molecule has 8 heteroatoms. The van der Waals surface area contributed by atoms with Gasteiger partial charge >= 0.3 is 0 Å². The van der Waals surface area contributed by atoms with Crippen LogP contribution in [0.4, 0.5) is 0 Å². The Bertz CT molecular complexity index is 1310. The highest BCUT2D eigenvalue weighted by Crippen LogP contribution is 2.32. The van der Waals surface area contributed by atoms with Crippen LogP contribution in [0.3, 0.4) is 0 Å². The van der Waals surface area contributed by atoms with Crippen molar-refractivity contribution in [3.05, 3.63) is 64.9 Å². The van der Waals surface area contributed by atoms with Gasteiger partial charge in [0.25, 0.3) is 0 Å². The van der Waals surface area contributed by atoms with Crippen molar-refractivity contribution in [3.8, 4) is 22.9 Å². The van der Waals surface area contributed by atoms with Gasteiger partial charge in [0, 0.05) is 36.5 Å². The van der Waals surface area contributed by atoms with E-state index in [2.05, 4.69) is 33.2 Å². The number of fused-ring (bicyclic) bond motifs is 1. The highest BCUT2D eigenvalue weighted by atomic mass is 16.5. The Kier molecular flexibility index (Phi) is 5.93. The van der Waals surface area contributed by atoms with Gasteiger partial charge in [-0.2, -0.15) is 10.4 Å². The maximum Gasteiger partial charge on any atom is 0.160 e. The second kappa shape index (κ2) is 8.81. The van der Waals surface area contributed by atoms with E-state index in [9.17, 15) is 5.26 Å². The molecule has 0 bridgehead atoms. The second-order valence-corrected chi connectivity index (χ2v) is 8.19. The molecule has 0 fully saturated rings. The minimum absolute atomic E-state index is 0.496. The van der Waals surface area contributed by atoms with Crippen LogP contribution < -0.4 is 4.74 Å². The molecule has 3 aromatic heterocycles. The summed E-state index contributed by atoms with van der Waals surface area (Å²) < 4.78 is 10.1. The molecule has 0 aliphatic rings. The molecule has 0 spiro atoms. The van der Waals surface area contributed by atoms with Crippen molar-refractivity contribution in [2.75, 3.05) is 20.7 Å². The van der Waals surface area contributed by atoms with Crippen molar-refractivity contribution in [1.82, 2.24) is 29.3 Å². The molecule has 0 atom stereocenters. The van der Waals surface area contributed by atoms with E-state index in [1.807, 2.05) is 67.6 Å². The van der Waals surface area contributed by atoms with Gasteiger partial charge in [0.1, 0.15) is 5.75 Å². The van der Waals surface area contributed by atoms with Gasteiger partial charge in [-0.25, -0.2) is 0 Å². The molecule has 0 amide bonds. The fraction of sp³-hybridized carbons (Fsp3) is 0.333. The first-order valence-corrected chi connectivity index (χ1v) is 10.5. The second-order valence-electron chi connectivity index (χ2n) is 8.19. The molecular formula is C24H27N7O. The number of hydrogen-bond donors (Lipinski definition) is 0. The van der Waals surface area contributed by atoms with Crippen molar-refractivity contribution in [1.29, 1.82) is 5.26 Å². The molecule has 3 heterocycles. The van der Waals surface area contributed by atoms with Crippen LogP contribution >= 0.6 is 0 Å². The molecule has 0 aliphatic heterocycles. The summed E-state index contributed by atoms with van der Waals surface area (Å²) in [5.74, 6) is 1.55. The predicted molar refractivity (Wildman–Crippen MR) is 122 cm³/mol. The van der Waals surface area contributed by atoms with Crippen molar-refractivity contribution in [2.45, 2.75) is 26.8 Å². The van der Waals surface area contributed by atoms with Crippen LogP contribution in [-0.4, -0.2) is 50.0 Å². The van der Waals surface area contributed by atoms with E-state index in [1.165, 1.54) is 5.56 Å². The zero-order valence-corrected chi connectivity index (χ0v) is 19.1. The highest BCUT2D eigenvalue weighted by molar-refractivity contribution is 5.72. The van der Waals surface area contributed by atoms with Crippen LogP contribution in [0.15, 0.2) is 36.5 Å². The summed E-state index contributed by atoms with van der Waals surface area (Å²) in [4.78, 5) is 2.06. The molecule has 0 N–H and O–H groups in total. The SMILES string of the molecule is Cc1nn(C)c(C)c1CCOc1cc(C#N)ccc1-c1ccc2nnc(CN(C)C)n2c1. The fourth-order valence-corrected chi connectivity index (χ4v) is 3.88. The largest absolute Gasteiger partial charge is 0.493 e. The standard InChI is InChI=1S/C24H27N7O/c1-16-20(17(2)30(5)28-16)10-11-32-22-12-18(13-25)6-8-21(22)19-7-9-23-26-27-24(15-29(3)4)31(23)14-19/h6-9,12,14H,10-11,15H2,1-5H3. The third kappa shape index (κ3) is 4.20. The summed E-state index contributed by atoms with van der Waals surface area (Å²) in [5, 5.41) is 22.4. The molecule has 0 saturated carbocycles. The average molecular weight is 430 g/mol. The Morgan fingerprint density at radius 3 is 2.62 bits per heavy atom. The van der Waals surface area contributed by atoms with Crippen molar-refractivity contribution in [3.63, 3.8) is 0 Å².